The molecule has 98 valence electrons. The fourth-order valence-electron chi connectivity index (χ4n) is 1.69. The first-order chi connectivity index (χ1) is 8.47. The van der Waals surface area contributed by atoms with Gasteiger partial charge in [-0.3, -0.25) is 4.79 Å². The monoisotopic (exact) mass is 275 g/mol. The Hall–Kier alpha value is -1.36. The second-order valence-corrected chi connectivity index (χ2v) is 4.74. The number of amides is 1. The van der Waals surface area contributed by atoms with Crippen molar-refractivity contribution in [3.63, 3.8) is 0 Å². The molecule has 0 aromatic heterocycles. The van der Waals surface area contributed by atoms with Crippen LogP contribution in [0.3, 0.4) is 0 Å². The average Bonchev–Trinajstić information content (AvgIpc) is 2.99. The van der Waals surface area contributed by atoms with Crippen molar-refractivity contribution in [1.29, 1.82) is 0 Å². The molecule has 1 saturated carbocycles. The second-order valence-electron chi connectivity index (χ2n) is 4.33. The van der Waals surface area contributed by atoms with Crippen LogP contribution in [0.15, 0.2) is 18.2 Å². The highest BCUT2D eigenvalue weighted by Gasteiger charge is 2.39. The Bertz CT molecular complexity index is 467. The molecular formula is C12H12ClF2NO2. The number of anilines is 1. The van der Waals surface area contributed by atoms with E-state index in [1.165, 1.54) is 18.2 Å². The van der Waals surface area contributed by atoms with Gasteiger partial charge >= 0.3 is 6.61 Å². The van der Waals surface area contributed by atoms with E-state index in [4.69, 9.17) is 11.6 Å². The van der Waals surface area contributed by atoms with Crippen LogP contribution < -0.4 is 10.1 Å². The first-order valence-electron chi connectivity index (χ1n) is 5.52. The van der Waals surface area contributed by atoms with Crippen molar-refractivity contribution in [3.05, 3.63) is 23.2 Å². The molecule has 1 aliphatic carbocycles. The third-order valence-electron chi connectivity index (χ3n) is 2.86. The summed E-state index contributed by atoms with van der Waals surface area (Å²) in [6, 6.07) is 4.18. The molecule has 0 spiro atoms. The maximum absolute atomic E-state index is 12.0. The van der Waals surface area contributed by atoms with E-state index >= 15 is 0 Å². The van der Waals surface area contributed by atoms with Crippen molar-refractivity contribution in [2.75, 3.05) is 5.32 Å². The van der Waals surface area contributed by atoms with E-state index < -0.39 is 6.61 Å². The van der Waals surface area contributed by atoms with Gasteiger partial charge in [0.1, 0.15) is 5.75 Å². The zero-order valence-electron chi connectivity index (χ0n) is 9.62. The molecule has 1 aromatic rings. The number of ether oxygens (including phenoxy) is 1. The van der Waals surface area contributed by atoms with E-state index in [9.17, 15) is 13.6 Å². The van der Waals surface area contributed by atoms with Gasteiger partial charge in [0.2, 0.25) is 5.91 Å². The minimum Gasteiger partial charge on any atom is -0.433 e. The van der Waals surface area contributed by atoms with Crippen molar-refractivity contribution in [1.82, 2.24) is 0 Å². The number of carbonyl (C=O) groups is 1. The molecule has 0 unspecified atom stereocenters. The Balaban J connectivity index is 2.02. The molecule has 0 bridgehead atoms. The van der Waals surface area contributed by atoms with Gasteiger partial charge < -0.3 is 10.1 Å². The first-order valence-corrected chi connectivity index (χ1v) is 5.90. The summed E-state index contributed by atoms with van der Waals surface area (Å²) in [6.45, 7) is -0.924. The molecule has 1 aliphatic rings. The molecule has 2 rings (SSSR count). The highest BCUT2D eigenvalue weighted by Crippen LogP contribution is 2.38. The lowest BCUT2D eigenvalue weighted by atomic mass is 10.2. The lowest BCUT2D eigenvalue weighted by Gasteiger charge is -2.09. The van der Waals surface area contributed by atoms with E-state index in [1.807, 2.05) is 6.92 Å². The fourth-order valence-corrected chi connectivity index (χ4v) is 1.92. The van der Waals surface area contributed by atoms with Crippen LogP contribution in [0, 0.1) is 11.8 Å². The van der Waals surface area contributed by atoms with Gasteiger partial charge in [0.05, 0.1) is 5.02 Å². The predicted octanol–water partition coefficient (Wildman–Crippen LogP) is 3.54. The van der Waals surface area contributed by atoms with E-state index in [1.54, 1.807) is 0 Å². The number of rotatable bonds is 4. The summed E-state index contributed by atoms with van der Waals surface area (Å²) in [6.07, 6.45) is 0.881. The molecule has 1 aromatic carbocycles. The fraction of sp³-hybridized carbons (Fsp3) is 0.417. The SMILES string of the molecule is C[C@@H]1C[C@@H]1C(=O)Nc1ccc(OC(F)F)c(Cl)c1. The molecule has 1 fully saturated rings. The topological polar surface area (TPSA) is 38.3 Å². The van der Waals surface area contributed by atoms with E-state index in [0.29, 0.717) is 11.6 Å². The van der Waals surface area contributed by atoms with Crippen LogP contribution in [0.2, 0.25) is 5.02 Å². The molecule has 0 aliphatic heterocycles. The number of halogens is 3. The van der Waals surface area contributed by atoms with Gasteiger partial charge in [0.15, 0.2) is 0 Å². The lowest BCUT2D eigenvalue weighted by molar-refractivity contribution is -0.117. The van der Waals surface area contributed by atoms with E-state index in [2.05, 4.69) is 10.1 Å². The van der Waals surface area contributed by atoms with Crippen LogP contribution in [-0.2, 0) is 4.79 Å². The van der Waals surface area contributed by atoms with Gasteiger partial charge in [-0.05, 0) is 30.5 Å². The molecule has 0 heterocycles. The Morgan fingerprint density at radius 3 is 2.72 bits per heavy atom. The van der Waals surface area contributed by atoms with Crippen molar-refractivity contribution in [3.8, 4) is 5.75 Å². The van der Waals surface area contributed by atoms with Gasteiger partial charge in [0.25, 0.3) is 0 Å². The Labute approximate surface area is 108 Å². The van der Waals surface area contributed by atoms with E-state index in [0.717, 1.165) is 6.42 Å². The number of alkyl halides is 2. The third-order valence-corrected chi connectivity index (χ3v) is 3.16. The first kappa shape index (κ1) is 13.1. The molecule has 1 N–H and O–H groups in total. The van der Waals surface area contributed by atoms with Gasteiger partial charge in [-0.2, -0.15) is 8.78 Å². The quantitative estimate of drug-likeness (QED) is 0.913. The summed E-state index contributed by atoms with van der Waals surface area (Å²) in [5, 5.41) is 2.73. The zero-order chi connectivity index (χ0) is 13.3. The summed E-state index contributed by atoms with van der Waals surface area (Å²) >= 11 is 5.77. The minimum atomic E-state index is -2.92. The van der Waals surface area contributed by atoms with Crippen molar-refractivity contribution in [2.24, 2.45) is 11.8 Å². The summed E-state index contributed by atoms with van der Waals surface area (Å²) in [7, 11) is 0. The summed E-state index contributed by atoms with van der Waals surface area (Å²) in [5.41, 5.74) is 0.478. The lowest BCUT2D eigenvalue weighted by Crippen LogP contribution is -2.14. The smallest absolute Gasteiger partial charge is 0.387 e. The third kappa shape index (κ3) is 3.10. The molecule has 18 heavy (non-hydrogen) atoms. The molecule has 2 atom stereocenters. The van der Waals surface area contributed by atoms with Gasteiger partial charge in [-0.25, -0.2) is 0 Å². The van der Waals surface area contributed by atoms with Crippen LogP contribution in [0.5, 0.6) is 5.75 Å². The van der Waals surface area contributed by atoms with Gasteiger partial charge in [-0.15, -0.1) is 0 Å². The van der Waals surface area contributed by atoms with Crippen molar-refractivity contribution >= 4 is 23.2 Å². The largest absolute Gasteiger partial charge is 0.433 e. The minimum absolute atomic E-state index is 0.0388. The van der Waals surface area contributed by atoms with E-state index in [-0.39, 0.29) is 22.6 Å². The molecule has 1 amide bonds. The number of hydrogen-bond acceptors (Lipinski definition) is 2. The van der Waals surface area contributed by atoms with Crippen LogP contribution in [0.4, 0.5) is 14.5 Å². The number of benzene rings is 1. The number of nitrogens with one attached hydrogen (secondary N) is 1. The van der Waals surface area contributed by atoms with Crippen LogP contribution >= 0.6 is 11.6 Å². The molecular weight excluding hydrogens is 264 g/mol. The molecule has 6 heteroatoms. The highest BCUT2D eigenvalue weighted by molar-refractivity contribution is 6.32. The van der Waals surface area contributed by atoms with Crippen molar-refractivity contribution in [2.45, 2.75) is 20.0 Å². The standard InChI is InChI=1S/C12H12ClF2NO2/c1-6-4-8(6)11(17)16-7-2-3-10(9(13)5-7)18-12(14)15/h2-3,5-6,8,12H,4H2,1H3,(H,16,17)/t6-,8+/m1/s1. The average molecular weight is 276 g/mol. The molecule has 0 saturated heterocycles. The Morgan fingerprint density at radius 2 is 2.22 bits per heavy atom. The highest BCUT2D eigenvalue weighted by atomic mass is 35.5. The predicted molar refractivity (Wildman–Crippen MR) is 64.0 cm³/mol. The summed E-state index contributed by atoms with van der Waals surface area (Å²) < 4.78 is 28.2. The second kappa shape index (κ2) is 5.10. The molecule has 3 nitrogen and oxygen atoms in total. The summed E-state index contributed by atoms with van der Waals surface area (Å²) in [4.78, 5) is 11.7. The van der Waals surface area contributed by atoms with Gasteiger partial charge in [-0.1, -0.05) is 18.5 Å². The van der Waals surface area contributed by atoms with Crippen LogP contribution in [-0.4, -0.2) is 12.5 Å². The Kier molecular flexibility index (Phi) is 3.71. The molecule has 0 radical (unpaired) electrons. The van der Waals surface area contributed by atoms with Crippen molar-refractivity contribution < 1.29 is 18.3 Å². The van der Waals surface area contributed by atoms with Crippen LogP contribution in [0.25, 0.3) is 0 Å². The Morgan fingerprint density at radius 1 is 1.56 bits per heavy atom. The number of hydrogen-bond donors (Lipinski definition) is 1. The number of carbonyl (C=O) groups excluding carboxylic acids is 1. The summed E-state index contributed by atoms with van der Waals surface area (Å²) in [5.74, 6) is 0.272. The normalized spacial score (nSPS) is 21.8. The maximum atomic E-state index is 12.0. The van der Waals surface area contributed by atoms with Crippen LogP contribution in [0.1, 0.15) is 13.3 Å². The van der Waals surface area contributed by atoms with Gasteiger partial charge in [0, 0.05) is 11.6 Å². The zero-order valence-corrected chi connectivity index (χ0v) is 10.4. The maximum Gasteiger partial charge on any atom is 0.387 e.